The molecule has 6 heteroatoms. The van der Waals surface area contributed by atoms with Crippen LogP contribution in [0.25, 0.3) is 5.57 Å². The minimum atomic E-state index is -2.60. The van der Waals surface area contributed by atoms with Gasteiger partial charge in [-0.25, -0.2) is 0 Å². The van der Waals surface area contributed by atoms with Crippen LogP contribution in [-0.2, 0) is 0 Å². The monoisotopic (exact) mass is 297 g/mol. The Labute approximate surface area is 127 Å². The molecule has 22 heavy (non-hydrogen) atoms. The van der Waals surface area contributed by atoms with E-state index < -0.39 is 7.40 Å². The number of halogens is 2. The number of hydrogen-bond acceptors (Lipinski definition) is 2. The van der Waals surface area contributed by atoms with E-state index in [0.717, 1.165) is 26.9 Å². The smallest absolute Gasteiger partial charge is 0.331 e. The number of allylic oxidation sites excluding steroid dienone is 2. The maximum atomic E-state index is 13.4. The van der Waals surface area contributed by atoms with Gasteiger partial charge in [-0.1, -0.05) is 0 Å². The summed E-state index contributed by atoms with van der Waals surface area (Å²) in [7, 11) is -2.60. The van der Waals surface area contributed by atoms with Crippen molar-refractivity contribution in [2.45, 2.75) is 13.8 Å². The SMILES string of the molecule is CC1=CC=N/C1=C(/c1ccncc1)c1c(C)ccn1B(F)F. The Morgan fingerprint density at radius 2 is 1.86 bits per heavy atom. The van der Waals surface area contributed by atoms with Crippen LogP contribution in [0.15, 0.2) is 59.1 Å². The molecular weight excluding hydrogens is 283 g/mol. The second-order valence-corrected chi connectivity index (χ2v) is 5.12. The van der Waals surface area contributed by atoms with Crippen molar-refractivity contribution in [2.24, 2.45) is 4.99 Å². The van der Waals surface area contributed by atoms with Crippen molar-refractivity contribution in [3.8, 4) is 0 Å². The highest BCUT2D eigenvalue weighted by Gasteiger charge is 2.26. The number of hydrogen-bond donors (Lipinski definition) is 0. The highest BCUT2D eigenvalue weighted by Crippen LogP contribution is 2.34. The minimum Gasteiger partial charge on any atom is -0.331 e. The van der Waals surface area contributed by atoms with Crippen molar-refractivity contribution < 1.29 is 8.63 Å². The van der Waals surface area contributed by atoms with E-state index in [2.05, 4.69) is 9.98 Å². The van der Waals surface area contributed by atoms with Crippen LogP contribution in [0.3, 0.4) is 0 Å². The summed E-state index contributed by atoms with van der Waals surface area (Å²) < 4.78 is 27.7. The lowest BCUT2D eigenvalue weighted by Crippen LogP contribution is -2.16. The summed E-state index contributed by atoms with van der Waals surface area (Å²) in [5, 5.41) is 0. The van der Waals surface area contributed by atoms with E-state index in [4.69, 9.17) is 0 Å². The summed E-state index contributed by atoms with van der Waals surface area (Å²) in [6.45, 7) is 3.75. The molecule has 3 rings (SSSR count). The predicted molar refractivity (Wildman–Crippen MR) is 85.0 cm³/mol. The number of nitrogens with zero attached hydrogens (tertiary/aromatic N) is 3. The molecule has 2 aromatic rings. The third-order valence-corrected chi connectivity index (χ3v) is 3.67. The van der Waals surface area contributed by atoms with Crippen molar-refractivity contribution in [3.63, 3.8) is 0 Å². The van der Waals surface area contributed by atoms with E-state index in [1.54, 1.807) is 24.7 Å². The molecule has 0 atom stereocenters. The molecule has 0 radical (unpaired) electrons. The lowest BCUT2D eigenvalue weighted by Gasteiger charge is -2.15. The highest BCUT2D eigenvalue weighted by atomic mass is 19.2. The molecule has 0 spiro atoms. The Hall–Kier alpha value is -2.50. The summed E-state index contributed by atoms with van der Waals surface area (Å²) >= 11 is 0. The first kappa shape index (κ1) is 14.4. The molecule has 0 fully saturated rings. The van der Waals surface area contributed by atoms with Gasteiger partial charge in [-0.3, -0.25) is 18.6 Å². The molecule has 1 aliphatic heterocycles. The molecule has 0 amide bonds. The van der Waals surface area contributed by atoms with E-state index in [1.807, 2.05) is 32.1 Å². The molecule has 0 saturated heterocycles. The number of aromatic nitrogens is 2. The average molecular weight is 297 g/mol. The molecule has 3 heterocycles. The molecule has 1 aliphatic rings. The van der Waals surface area contributed by atoms with Gasteiger partial charge in [0.15, 0.2) is 0 Å². The lowest BCUT2D eigenvalue weighted by atomic mass is 9.95. The van der Waals surface area contributed by atoms with E-state index >= 15 is 0 Å². The molecule has 0 aromatic carbocycles. The molecule has 0 N–H and O–H groups in total. The third-order valence-electron chi connectivity index (χ3n) is 3.67. The average Bonchev–Trinajstić information content (AvgIpc) is 3.09. The largest absolute Gasteiger partial charge is 0.677 e. The summed E-state index contributed by atoms with van der Waals surface area (Å²) in [6, 6.07) is 5.32. The number of pyridine rings is 1. The Balaban J connectivity index is 2.32. The third kappa shape index (κ3) is 2.41. The Bertz CT molecular complexity index is 789. The molecule has 3 nitrogen and oxygen atoms in total. The maximum Gasteiger partial charge on any atom is 0.677 e. The van der Waals surface area contributed by atoms with Gasteiger partial charge in [0, 0.05) is 29.9 Å². The number of aryl methyl sites for hydroxylation is 1. The molecule has 0 saturated carbocycles. The summed E-state index contributed by atoms with van der Waals surface area (Å²) in [5.41, 5.74) is 4.47. The van der Waals surface area contributed by atoms with Crippen LogP contribution in [0.2, 0.25) is 0 Å². The van der Waals surface area contributed by atoms with Crippen molar-refractivity contribution in [2.75, 3.05) is 0 Å². The number of aliphatic imine (C=N–C) groups is 1. The van der Waals surface area contributed by atoms with Crippen molar-refractivity contribution in [3.05, 3.63) is 71.0 Å². The van der Waals surface area contributed by atoms with Crippen LogP contribution in [0, 0.1) is 6.92 Å². The first-order valence-electron chi connectivity index (χ1n) is 6.91. The Kier molecular flexibility index (Phi) is 3.75. The number of rotatable bonds is 3. The predicted octanol–water partition coefficient (Wildman–Crippen LogP) is 3.75. The van der Waals surface area contributed by atoms with Gasteiger partial charge in [-0.2, -0.15) is 0 Å². The quantitative estimate of drug-likeness (QED) is 0.793. The van der Waals surface area contributed by atoms with Crippen LogP contribution < -0.4 is 0 Å². The van der Waals surface area contributed by atoms with Crippen LogP contribution in [-0.4, -0.2) is 23.1 Å². The van der Waals surface area contributed by atoms with E-state index in [9.17, 15) is 8.63 Å². The lowest BCUT2D eigenvalue weighted by molar-refractivity contribution is 0.628. The van der Waals surface area contributed by atoms with Crippen LogP contribution in [0.5, 0.6) is 0 Å². The van der Waals surface area contributed by atoms with Gasteiger partial charge >= 0.3 is 7.40 Å². The van der Waals surface area contributed by atoms with Gasteiger partial charge in [-0.15, -0.1) is 0 Å². The zero-order valence-electron chi connectivity index (χ0n) is 12.3. The second kappa shape index (κ2) is 5.71. The van der Waals surface area contributed by atoms with Gasteiger partial charge in [0.1, 0.15) is 0 Å². The first-order valence-corrected chi connectivity index (χ1v) is 6.91. The summed E-state index contributed by atoms with van der Waals surface area (Å²) in [4.78, 5) is 8.38. The normalized spacial score (nSPS) is 15.9. The minimum absolute atomic E-state index is 0.489. The zero-order valence-corrected chi connectivity index (χ0v) is 12.3. The van der Waals surface area contributed by atoms with Gasteiger partial charge in [0.25, 0.3) is 0 Å². The van der Waals surface area contributed by atoms with Gasteiger partial charge in [0.05, 0.1) is 5.70 Å². The molecule has 2 aromatic heterocycles. The topological polar surface area (TPSA) is 30.2 Å². The van der Waals surface area contributed by atoms with Gasteiger partial charge in [-0.05, 0) is 61.0 Å². The second-order valence-electron chi connectivity index (χ2n) is 5.12. The fourth-order valence-corrected chi connectivity index (χ4v) is 2.61. The first-order chi connectivity index (χ1) is 10.6. The molecule has 110 valence electrons. The van der Waals surface area contributed by atoms with Crippen molar-refractivity contribution >= 4 is 19.2 Å². The Morgan fingerprint density at radius 1 is 1.14 bits per heavy atom. The van der Waals surface area contributed by atoms with E-state index in [-0.39, 0.29) is 0 Å². The van der Waals surface area contributed by atoms with Gasteiger partial charge in [0.2, 0.25) is 0 Å². The maximum absolute atomic E-state index is 13.4. The fraction of sp³-hybridized carbons (Fsp3) is 0.125. The van der Waals surface area contributed by atoms with Crippen LogP contribution in [0.1, 0.15) is 23.7 Å². The molecular formula is C16H14BF2N3. The Morgan fingerprint density at radius 3 is 2.45 bits per heavy atom. The summed E-state index contributed by atoms with van der Waals surface area (Å²) in [6.07, 6.45) is 8.28. The van der Waals surface area contributed by atoms with Crippen LogP contribution >= 0.6 is 0 Å². The molecule has 0 bridgehead atoms. The van der Waals surface area contributed by atoms with Crippen LogP contribution in [0.4, 0.5) is 8.63 Å². The fourth-order valence-electron chi connectivity index (χ4n) is 2.61. The van der Waals surface area contributed by atoms with E-state index in [1.165, 1.54) is 6.20 Å². The van der Waals surface area contributed by atoms with Gasteiger partial charge < -0.3 is 4.48 Å². The standard InChI is InChI=1S/C16H14BF2N3/c1-11-3-9-21-15(11)14(13-4-7-20-8-5-13)16-12(2)6-10-22(16)17(18)19/h3-10H,1-2H3/b15-14-. The summed E-state index contributed by atoms with van der Waals surface area (Å²) in [5.74, 6) is 0. The highest BCUT2D eigenvalue weighted by molar-refractivity contribution is 6.41. The van der Waals surface area contributed by atoms with Crippen molar-refractivity contribution in [1.82, 2.24) is 9.46 Å². The van der Waals surface area contributed by atoms with E-state index in [0.29, 0.717) is 11.3 Å². The van der Waals surface area contributed by atoms with Crippen molar-refractivity contribution in [1.29, 1.82) is 0 Å². The molecule has 0 unspecified atom stereocenters. The zero-order chi connectivity index (χ0) is 15.7. The molecule has 0 aliphatic carbocycles.